The highest BCUT2D eigenvalue weighted by Crippen LogP contribution is 2.22. The molecule has 0 bridgehead atoms. The highest BCUT2D eigenvalue weighted by atomic mass is 32.2. The maximum absolute atomic E-state index is 11.8. The molecule has 0 radical (unpaired) electrons. The van der Waals surface area contributed by atoms with Crippen molar-refractivity contribution in [3.8, 4) is 0 Å². The van der Waals surface area contributed by atoms with Gasteiger partial charge in [0, 0.05) is 13.1 Å². The molecule has 6 nitrogen and oxygen atoms in total. The molecule has 0 aromatic rings. The molecule has 1 aliphatic heterocycles. The molecule has 2 unspecified atom stereocenters. The fourth-order valence-electron chi connectivity index (χ4n) is 1.84. The first-order valence-corrected chi connectivity index (χ1v) is 7.29. The number of hydrogen-bond donors (Lipinski definition) is 1. The fourth-order valence-corrected chi connectivity index (χ4v) is 3.21. The predicted octanol–water partition coefficient (Wildman–Crippen LogP) is -0.418. The summed E-state index contributed by atoms with van der Waals surface area (Å²) in [5.41, 5.74) is 0. The third-order valence-corrected chi connectivity index (χ3v) is 4.59. The van der Waals surface area contributed by atoms with Gasteiger partial charge in [0.05, 0.1) is 12.7 Å². The zero-order valence-corrected chi connectivity index (χ0v) is 10.9. The van der Waals surface area contributed by atoms with E-state index in [0.717, 1.165) is 0 Å². The number of carbonyl (C=O) groups is 1. The van der Waals surface area contributed by atoms with E-state index in [0.29, 0.717) is 13.0 Å². The van der Waals surface area contributed by atoms with Crippen LogP contribution in [0.1, 0.15) is 20.3 Å². The molecule has 1 saturated heterocycles. The normalized spacial score (nSPS) is 23.6. The summed E-state index contributed by atoms with van der Waals surface area (Å²) in [4.78, 5) is 11.2. The lowest BCUT2D eigenvalue weighted by Gasteiger charge is -2.17. The highest BCUT2D eigenvalue weighted by molar-refractivity contribution is 7.89. The Morgan fingerprint density at radius 2 is 2.24 bits per heavy atom. The number of nitrogens with zero attached hydrogens (tertiary/aromatic N) is 1. The molecule has 7 heteroatoms. The monoisotopic (exact) mass is 265 g/mol. The molecule has 0 spiro atoms. The molecule has 0 aromatic heterocycles. The van der Waals surface area contributed by atoms with Crippen molar-refractivity contribution < 1.29 is 23.1 Å². The van der Waals surface area contributed by atoms with Gasteiger partial charge in [-0.2, -0.15) is 0 Å². The molecule has 1 aliphatic rings. The van der Waals surface area contributed by atoms with Crippen molar-refractivity contribution in [1.29, 1.82) is 0 Å². The Labute approximate surface area is 102 Å². The van der Waals surface area contributed by atoms with Crippen molar-refractivity contribution in [2.45, 2.75) is 26.4 Å². The second kappa shape index (κ2) is 5.79. The second-order valence-electron chi connectivity index (χ2n) is 4.21. The SMILES string of the molecule is CCOC(=O)CS(=O)(=O)N1CCC(C(C)O)C1. The number of aliphatic hydroxyl groups excluding tert-OH is 1. The smallest absolute Gasteiger partial charge is 0.322 e. The molecule has 17 heavy (non-hydrogen) atoms. The van der Waals surface area contributed by atoms with Crippen LogP contribution in [0.5, 0.6) is 0 Å². The van der Waals surface area contributed by atoms with Gasteiger partial charge >= 0.3 is 5.97 Å². The minimum atomic E-state index is -3.60. The second-order valence-corrected chi connectivity index (χ2v) is 6.18. The molecule has 0 amide bonds. The van der Waals surface area contributed by atoms with Crippen LogP contribution >= 0.6 is 0 Å². The van der Waals surface area contributed by atoms with Crippen LogP contribution in [0.2, 0.25) is 0 Å². The van der Waals surface area contributed by atoms with Crippen LogP contribution < -0.4 is 0 Å². The van der Waals surface area contributed by atoms with Crippen molar-refractivity contribution in [1.82, 2.24) is 4.31 Å². The zero-order chi connectivity index (χ0) is 13.1. The van der Waals surface area contributed by atoms with E-state index in [9.17, 15) is 18.3 Å². The average Bonchev–Trinajstić information content (AvgIpc) is 2.65. The Kier molecular flexibility index (Phi) is 4.91. The van der Waals surface area contributed by atoms with Crippen molar-refractivity contribution in [3.05, 3.63) is 0 Å². The average molecular weight is 265 g/mol. The molecule has 100 valence electrons. The minimum Gasteiger partial charge on any atom is -0.465 e. The van der Waals surface area contributed by atoms with Crippen LogP contribution in [0, 0.1) is 5.92 Å². The molecule has 0 aromatic carbocycles. The van der Waals surface area contributed by atoms with Gasteiger partial charge in [-0.05, 0) is 26.2 Å². The van der Waals surface area contributed by atoms with Crippen LogP contribution in [0.15, 0.2) is 0 Å². The quantitative estimate of drug-likeness (QED) is 0.683. The predicted molar refractivity (Wildman–Crippen MR) is 61.8 cm³/mol. The van der Waals surface area contributed by atoms with Crippen molar-refractivity contribution in [2.24, 2.45) is 5.92 Å². The maximum atomic E-state index is 11.8. The number of hydrogen-bond acceptors (Lipinski definition) is 5. The lowest BCUT2D eigenvalue weighted by Crippen LogP contribution is -2.35. The summed E-state index contributed by atoms with van der Waals surface area (Å²) in [5, 5.41) is 9.39. The van der Waals surface area contributed by atoms with Gasteiger partial charge in [-0.25, -0.2) is 12.7 Å². The van der Waals surface area contributed by atoms with Gasteiger partial charge in [-0.15, -0.1) is 0 Å². The summed E-state index contributed by atoms with van der Waals surface area (Å²) in [6, 6.07) is 0. The van der Waals surface area contributed by atoms with E-state index in [4.69, 9.17) is 0 Å². The third-order valence-electron chi connectivity index (χ3n) is 2.87. The van der Waals surface area contributed by atoms with E-state index in [1.54, 1.807) is 13.8 Å². The number of rotatable bonds is 5. The number of carbonyl (C=O) groups excluding carboxylic acids is 1. The molecule has 0 saturated carbocycles. The molecule has 0 aliphatic carbocycles. The van der Waals surface area contributed by atoms with Gasteiger partial charge in [-0.1, -0.05) is 0 Å². The lowest BCUT2D eigenvalue weighted by molar-refractivity contribution is -0.140. The van der Waals surface area contributed by atoms with Gasteiger partial charge < -0.3 is 9.84 Å². The van der Waals surface area contributed by atoms with Gasteiger partial charge in [0.2, 0.25) is 10.0 Å². The lowest BCUT2D eigenvalue weighted by atomic mass is 10.0. The van der Waals surface area contributed by atoms with E-state index in [-0.39, 0.29) is 19.1 Å². The summed E-state index contributed by atoms with van der Waals surface area (Å²) in [6.45, 7) is 4.08. The molecule has 1 rings (SSSR count). The number of esters is 1. The minimum absolute atomic E-state index is 0.0491. The van der Waals surface area contributed by atoms with E-state index in [1.165, 1.54) is 4.31 Å². The third kappa shape index (κ3) is 3.93. The first-order chi connectivity index (χ1) is 7.86. The number of ether oxygens (including phenoxy) is 1. The zero-order valence-electron chi connectivity index (χ0n) is 10.1. The Hall–Kier alpha value is -0.660. The number of aliphatic hydroxyl groups is 1. The molecule has 1 fully saturated rings. The molecule has 1 heterocycles. The Balaban J connectivity index is 2.58. The van der Waals surface area contributed by atoms with Gasteiger partial charge in [0.15, 0.2) is 5.75 Å². The Morgan fingerprint density at radius 3 is 2.71 bits per heavy atom. The summed E-state index contributed by atoms with van der Waals surface area (Å²) >= 11 is 0. The largest absolute Gasteiger partial charge is 0.465 e. The summed E-state index contributed by atoms with van der Waals surface area (Å²) < 4.78 is 29.5. The van der Waals surface area contributed by atoms with Crippen LogP contribution in [-0.4, -0.2) is 55.4 Å². The van der Waals surface area contributed by atoms with Crippen LogP contribution in [0.4, 0.5) is 0 Å². The van der Waals surface area contributed by atoms with Gasteiger partial charge in [-0.3, -0.25) is 4.79 Å². The highest BCUT2D eigenvalue weighted by Gasteiger charge is 2.34. The van der Waals surface area contributed by atoms with E-state index in [1.807, 2.05) is 0 Å². The van der Waals surface area contributed by atoms with Crippen molar-refractivity contribution >= 4 is 16.0 Å². The van der Waals surface area contributed by atoms with E-state index >= 15 is 0 Å². The van der Waals surface area contributed by atoms with Crippen molar-refractivity contribution in [3.63, 3.8) is 0 Å². The molecular weight excluding hydrogens is 246 g/mol. The first kappa shape index (κ1) is 14.4. The van der Waals surface area contributed by atoms with Gasteiger partial charge in [0.25, 0.3) is 0 Å². The molecular formula is C10H19NO5S. The van der Waals surface area contributed by atoms with Crippen LogP contribution in [-0.2, 0) is 19.6 Å². The summed E-state index contributed by atoms with van der Waals surface area (Å²) in [7, 11) is -3.60. The van der Waals surface area contributed by atoms with E-state index in [2.05, 4.69) is 4.74 Å². The van der Waals surface area contributed by atoms with Crippen LogP contribution in [0.3, 0.4) is 0 Å². The standard InChI is InChI=1S/C10H19NO5S/c1-3-16-10(13)7-17(14,15)11-5-4-9(6-11)8(2)12/h8-9,12H,3-7H2,1-2H3. The Morgan fingerprint density at radius 1 is 1.59 bits per heavy atom. The molecule has 2 atom stereocenters. The summed E-state index contributed by atoms with van der Waals surface area (Å²) in [6.07, 6.45) is 0.0949. The van der Waals surface area contributed by atoms with Gasteiger partial charge in [0.1, 0.15) is 0 Å². The van der Waals surface area contributed by atoms with Crippen molar-refractivity contribution in [2.75, 3.05) is 25.4 Å². The van der Waals surface area contributed by atoms with E-state index < -0.39 is 27.8 Å². The summed E-state index contributed by atoms with van der Waals surface area (Å²) in [5.74, 6) is -1.40. The first-order valence-electron chi connectivity index (χ1n) is 5.68. The maximum Gasteiger partial charge on any atom is 0.322 e. The number of sulfonamides is 1. The van der Waals surface area contributed by atoms with Crippen LogP contribution in [0.25, 0.3) is 0 Å². The molecule has 1 N–H and O–H groups in total. The fraction of sp³-hybridized carbons (Fsp3) is 0.900. The topological polar surface area (TPSA) is 83.9 Å². The Bertz CT molecular complexity index is 365.